The van der Waals surface area contributed by atoms with Crippen molar-refractivity contribution in [1.29, 1.82) is 0 Å². The van der Waals surface area contributed by atoms with Gasteiger partial charge in [-0.1, -0.05) is 22.0 Å². The van der Waals surface area contributed by atoms with Crippen LogP contribution in [-0.4, -0.2) is 4.98 Å². The first kappa shape index (κ1) is 9.87. The molecule has 0 saturated carbocycles. The van der Waals surface area contributed by atoms with E-state index in [2.05, 4.69) is 40.0 Å². The summed E-state index contributed by atoms with van der Waals surface area (Å²) in [5, 5.41) is 1.11. The number of nitrogens with zero attached hydrogens (tertiary/aromatic N) is 1. The Kier molecular flexibility index (Phi) is 2.70. The second kappa shape index (κ2) is 3.83. The minimum absolute atomic E-state index is 1.08. The number of benzene rings is 1. The standard InChI is InChI=1S/C11H10BrNS/c1-3-7(2)11-13-9-5-4-8(12)6-10(9)14-11/h3-6H,1-2H3/b7-3+. The molecular formula is C11H10BrNS. The lowest BCUT2D eigenvalue weighted by Crippen LogP contribution is -1.74. The van der Waals surface area contributed by atoms with Crippen molar-refractivity contribution in [2.24, 2.45) is 0 Å². The van der Waals surface area contributed by atoms with Crippen molar-refractivity contribution in [3.8, 4) is 0 Å². The highest BCUT2D eigenvalue weighted by atomic mass is 79.9. The molecule has 0 radical (unpaired) electrons. The second-order valence-electron chi connectivity index (χ2n) is 3.10. The summed E-state index contributed by atoms with van der Waals surface area (Å²) in [5.74, 6) is 0. The Morgan fingerprint density at radius 1 is 1.50 bits per heavy atom. The van der Waals surface area contributed by atoms with E-state index in [9.17, 15) is 0 Å². The number of halogens is 1. The van der Waals surface area contributed by atoms with Crippen LogP contribution in [0.1, 0.15) is 18.9 Å². The van der Waals surface area contributed by atoms with Crippen LogP contribution in [0.25, 0.3) is 15.8 Å². The van der Waals surface area contributed by atoms with Crippen molar-refractivity contribution >= 4 is 43.1 Å². The van der Waals surface area contributed by atoms with Gasteiger partial charge >= 0.3 is 0 Å². The molecule has 1 aromatic carbocycles. The lowest BCUT2D eigenvalue weighted by atomic mass is 10.3. The monoisotopic (exact) mass is 267 g/mol. The zero-order chi connectivity index (χ0) is 10.1. The summed E-state index contributed by atoms with van der Waals surface area (Å²) in [6, 6.07) is 6.18. The van der Waals surface area contributed by atoms with Crippen LogP contribution in [0.5, 0.6) is 0 Å². The van der Waals surface area contributed by atoms with Crippen molar-refractivity contribution < 1.29 is 0 Å². The van der Waals surface area contributed by atoms with E-state index in [4.69, 9.17) is 0 Å². The van der Waals surface area contributed by atoms with Crippen LogP contribution in [0.15, 0.2) is 28.7 Å². The van der Waals surface area contributed by atoms with Gasteiger partial charge in [0.05, 0.1) is 10.2 Å². The zero-order valence-corrected chi connectivity index (χ0v) is 10.4. The molecule has 0 saturated heterocycles. The molecule has 0 aliphatic heterocycles. The van der Waals surface area contributed by atoms with E-state index in [0.29, 0.717) is 0 Å². The molecule has 14 heavy (non-hydrogen) atoms. The SMILES string of the molecule is C/C=C(\C)c1nc2ccc(Br)cc2s1. The van der Waals surface area contributed by atoms with Gasteiger partial charge in [-0.05, 0) is 37.6 Å². The van der Waals surface area contributed by atoms with Crippen molar-refractivity contribution in [3.63, 3.8) is 0 Å². The zero-order valence-electron chi connectivity index (χ0n) is 8.04. The third-order valence-corrected chi connectivity index (χ3v) is 3.77. The highest BCUT2D eigenvalue weighted by Gasteiger charge is 2.04. The Morgan fingerprint density at radius 3 is 3.00 bits per heavy atom. The van der Waals surface area contributed by atoms with Crippen LogP contribution in [0.4, 0.5) is 0 Å². The molecule has 0 spiro atoms. The number of hydrogen-bond donors (Lipinski definition) is 0. The molecule has 0 amide bonds. The molecule has 1 aromatic heterocycles. The number of thiazole rings is 1. The lowest BCUT2D eigenvalue weighted by Gasteiger charge is -1.89. The molecule has 0 aliphatic carbocycles. The van der Waals surface area contributed by atoms with Crippen LogP contribution in [-0.2, 0) is 0 Å². The second-order valence-corrected chi connectivity index (χ2v) is 5.05. The molecule has 1 heterocycles. The molecule has 0 aliphatic rings. The van der Waals surface area contributed by atoms with Gasteiger partial charge in [0.15, 0.2) is 0 Å². The fourth-order valence-corrected chi connectivity index (χ4v) is 2.74. The predicted octanol–water partition coefficient (Wildman–Crippen LogP) is 4.48. The van der Waals surface area contributed by atoms with Gasteiger partial charge in [0.2, 0.25) is 0 Å². The van der Waals surface area contributed by atoms with E-state index in [1.807, 2.05) is 19.1 Å². The first-order valence-electron chi connectivity index (χ1n) is 4.40. The van der Waals surface area contributed by atoms with Gasteiger partial charge in [-0.3, -0.25) is 0 Å². The molecule has 72 valence electrons. The van der Waals surface area contributed by atoms with Crippen molar-refractivity contribution in [3.05, 3.63) is 33.8 Å². The Bertz CT molecular complexity index is 499. The number of allylic oxidation sites excluding steroid dienone is 2. The van der Waals surface area contributed by atoms with Gasteiger partial charge in [0.1, 0.15) is 5.01 Å². The third-order valence-electron chi connectivity index (χ3n) is 2.12. The predicted molar refractivity (Wildman–Crippen MR) is 66.6 cm³/mol. The first-order chi connectivity index (χ1) is 6.70. The third kappa shape index (κ3) is 1.74. The van der Waals surface area contributed by atoms with E-state index in [1.165, 1.54) is 10.3 Å². The molecule has 0 fully saturated rings. The fraction of sp³-hybridized carbons (Fsp3) is 0.182. The van der Waals surface area contributed by atoms with E-state index in [-0.39, 0.29) is 0 Å². The molecule has 2 rings (SSSR count). The van der Waals surface area contributed by atoms with E-state index >= 15 is 0 Å². The van der Waals surface area contributed by atoms with Crippen LogP contribution in [0.3, 0.4) is 0 Å². The maximum Gasteiger partial charge on any atom is 0.119 e. The molecule has 0 atom stereocenters. The molecule has 3 heteroatoms. The van der Waals surface area contributed by atoms with Crippen molar-refractivity contribution in [2.75, 3.05) is 0 Å². The van der Waals surface area contributed by atoms with E-state index < -0.39 is 0 Å². The Balaban J connectivity index is 2.62. The van der Waals surface area contributed by atoms with E-state index in [0.717, 1.165) is 15.0 Å². The first-order valence-corrected chi connectivity index (χ1v) is 6.01. The topological polar surface area (TPSA) is 12.9 Å². The van der Waals surface area contributed by atoms with Crippen molar-refractivity contribution in [2.45, 2.75) is 13.8 Å². The number of rotatable bonds is 1. The van der Waals surface area contributed by atoms with E-state index in [1.54, 1.807) is 11.3 Å². The van der Waals surface area contributed by atoms with Gasteiger partial charge in [-0.2, -0.15) is 0 Å². The highest BCUT2D eigenvalue weighted by Crippen LogP contribution is 2.28. The molecule has 1 nitrogen and oxygen atoms in total. The summed E-state index contributed by atoms with van der Waals surface area (Å²) >= 11 is 5.19. The normalized spacial score (nSPS) is 12.4. The van der Waals surface area contributed by atoms with Crippen LogP contribution in [0.2, 0.25) is 0 Å². The van der Waals surface area contributed by atoms with Crippen LogP contribution in [0, 0.1) is 0 Å². The van der Waals surface area contributed by atoms with Gasteiger partial charge in [-0.25, -0.2) is 4.98 Å². The molecule has 2 aromatic rings. The number of aromatic nitrogens is 1. The summed E-state index contributed by atoms with van der Waals surface area (Å²) in [6.45, 7) is 4.13. The van der Waals surface area contributed by atoms with Gasteiger partial charge in [0, 0.05) is 4.47 Å². The Labute approximate surface area is 95.6 Å². The summed E-state index contributed by atoms with van der Waals surface area (Å²) in [4.78, 5) is 4.55. The number of fused-ring (bicyclic) bond motifs is 1. The smallest absolute Gasteiger partial charge is 0.119 e. The summed E-state index contributed by atoms with van der Waals surface area (Å²) in [5.41, 5.74) is 2.32. The van der Waals surface area contributed by atoms with Crippen molar-refractivity contribution in [1.82, 2.24) is 4.98 Å². The summed E-state index contributed by atoms with van der Waals surface area (Å²) < 4.78 is 2.34. The average Bonchev–Trinajstić information content (AvgIpc) is 2.59. The van der Waals surface area contributed by atoms with Gasteiger partial charge < -0.3 is 0 Å². The fourth-order valence-electron chi connectivity index (χ4n) is 1.19. The molecule has 0 unspecified atom stereocenters. The largest absolute Gasteiger partial charge is 0.236 e. The summed E-state index contributed by atoms with van der Waals surface area (Å²) in [6.07, 6.45) is 2.09. The molecule has 0 bridgehead atoms. The molecular weight excluding hydrogens is 258 g/mol. The lowest BCUT2D eigenvalue weighted by molar-refractivity contribution is 1.41. The maximum atomic E-state index is 4.55. The van der Waals surface area contributed by atoms with Crippen LogP contribution < -0.4 is 0 Å². The van der Waals surface area contributed by atoms with Crippen LogP contribution >= 0.6 is 27.3 Å². The Hall–Kier alpha value is -0.670. The quantitative estimate of drug-likeness (QED) is 0.743. The summed E-state index contributed by atoms with van der Waals surface area (Å²) in [7, 11) is 0. The Morgan fingerprint density at radius 2 is 2.29 bits per heavy atom. The minimum atomic E-state index is 1.08. The number of hydrogen-bond acceptors (Lipinski definition) is 2. The maximum absolute atomic E-state index is 4.55. The van der Waals surface area contributed by atoms with Gasteiger partial charge in [0.25, 0.3) is 0 Å². The molecule has 0 N–H and O–H groups in total. The minimum Gasteiger partial charge on any atom is -0.236 e. The highest BCUT2D eigenvalue weighted by molar-refractivity contribution is 9.10. The average molecular weight is 268 g/mol. The van der Waals surface area contributed by atoms with Gasteiger partial charge in [-0.15, -0.1) is 11.3 Å².